The number of hydrogen-bond donors (Lipinski definition) is 2. The summed E-state index contributed by atoms with van der Waals surface area (Å²) in [6.07, 6.45) is 2.02. The molecule has 1 atom stereocenters. The molecular formula is C17H27Cl2N3. The summed E-state index contributed by atoms with van der Waals surface area (Å²) >= 11 is 0. The first-order chi connectivity index (χ1) is 9.55. The highest BCUT2D eigenvalue weighted by Gasteiger charge is 2.32. The first kappa shape index (κ1) is 19.3. The summed E-state index contributed by atoms with van der Waals surface area (Å²) in [6, 6.07) is 9.49. The molecule has 0 aliphatic carbocycles. The predicted molar refractivity (Wildman–Crippen MR) is 99.4 cm³/mol. The van der Waals surface area contributed by atoms with Crippen LogP contribution in [0.4, 0.5) is 0 Å². The molecule has 0 spiro atoms. The Morgan fingerprint density at radius 1 is 1.05 bits per heavy atom. The van der Waals surface area contributed by atoms with Gasteiger partial charge in [0.2, 0.25) is 0 Å². The van der Waals surface area contributed by atoms with Gasteiger partial charge >= 0.3 is 0 Å². The molecule has 1 aliphatic rings. The lowest BCUT2D eigenvalue weighted by Gasteiger charge is -2.42. The molecule has 3 rings (SSSR count). The fourth-order valence-corrected chi connectivity index (χ4v) is 3.44. The molecule has 1 fully saturated rings. The van der Waals surface area contributed by atoms with Gasteiger partial charge in [-0.1, -0.05) is 26.8 Å². The van der Waals surface area contributed by atoms with E-state index in [9.17, 15) is 0 Å². The number of rotatable bonds is 2. The van der Waals surface area contributed by atoms with Crippen LogP contribution in [0.1, 0.15) is 32.4 Å². The number of fused-ring (bicyclic) bond motifs is 1. The fraction of sp³-hybridized carbons (Fsp3) is 0.529. The average Bonchev–Trinajstić information content (AvgIpc) is 2.86. The molecule has 0 radical (unpaired) electrons. The number of nitrogens with one attached hydrogen (secondary N) is 2. The van der Waals surface area contributed by atoms with Gasteiger partial charge in [-0.15, -0.1) is 24.8 Å². The molecule has 1 aromatic carbocycles. The van der Waals surface area contributed by atoms with Crippen molar-refractivity contribution >= 4 is 35.7 Å². The van der Waals surface area contributed by atoms with Crippen molar-refractivity contribution in [2.45, 2.75) is 26.8 Å². The van der Waals surface area contributed by atoms with Gasteiger partial charge in [0.05, 0.1) is 0 Å². The van der Waals surface area contributed by atoms with Gasteiger partial charge in [0.15, 0.2) is 0 Å². The maximum atomic E-state index is 3.45. The van der Waals surface area contributed by atoms with Crippen molar-refractivity contribution in [3.8, 4) is 0 Å². The first-order valence-electron chi connectivity index (χ1n) is 7.57. The Labute approximate surface area is 145 Å². The molecule has 5 heteroatoms. The first-order valence-corrected chi connectivity index (χ1v) is 7.57. The molecule has 0 saturated carbocycles. The predicted octanol–water partition coefficient (Wildman–Crippen LogP) is 4.00. The summed E-state index contributed by atoms with van der Waals surface area (Å²) < 4.78 is 0. The molecule has 0 unspecified atom stereocenters. The van der Waals surface area contributed by atoms with Crippen molar-refractivity contribution in [3.05, 3.63) is 36.0 Å². The minimum atomic E-state index is 0. The lowest BCUT2D eigenvalue weighted by atomic mass is 9.80. The smallest absolute Gasteiger partial charge is 0.0454 e. The van der Waals surface area contributed by atoms with Crippen molar-refractivity contribution in [2.75, 3.05) is 26.2 Å². The summed E-state index contributed by atoms with van der Waals surface area (Å²) in [4.78, 5) is 5.91. The zero-order valence-corrected chi connectivity index (χ0v) is 15.2. The van der Waals surface area contributed by atoms with Crippen LogP contribution in [0.3, 0.4) is 0 Å². The Hall–Kier alpha value is -0.740. The zero-order chi connectivity index (χ0) is 14.2. The molecule has 2 heterocycles. The number of benzene rings is 1. The highest BCUT2D eigenvalue weighted by atomic mass is 35.5. The molecule has 0 amide bonds. The lowest BCUT2D eigenvalue weighted by molar-refractivity contribution is 0.0863. The Kier molecular flexibility index (Phi) is 6.75. The third kappa shape index (κ3) is 3.96. The molecule has 1 aliphatic heterocycles. The Morgan fingerprint density at radius 3 is 2.36 bits per heavy atom. The van der Waals surface area contributed by atoms with E-state index in [1.54, 1.807) is 0 Å². The molecule has 22 heavy (non-hydrogen) atoms. The summed E-state index contributed by atoms with van der Waals surface area (Å²) in [6.45, 7) is 11.5. The van der Waals surface area contributed by atoms with Gasteiger partial charge < -0.3 is 10.3 Å². The molecule has 0 bridgehead atoms. The van der Waals surface area contributed by atoms with Crippen molar-refractivity contribution in [2.24, 2.45) is 5.41 Å². The van der Waals surface area contributed by atoms with E-state index in [0.29, 0.717) is 6.04 Å². The third-order valence-electron chi connectivity index (χ3n) is 4.23. The number of halogens is 2. The van der Waals surface area contributed by atoms with E-state index >= 15 is 0 Å². The van der Waals surface area contributed by atoms with Crippen LogP contribution in [0.5, 0.6) is 0 Å². The standard InChI is InChI=1S/C17H25N3.2ClH/c1-17(2,3)16(20-10-8-18-9-11-20)14-4-5-15-13(12-14)6-7-19-15;;/h4-7,12,16,18-19H,8-11H2,1-3H3;2*1H/t16-;;/m1../s1. The van der Waals surface area contributed by atoms with Crippen LogP contribution in [0.15, 0.2) is 30.5 Å². The van der Waals surface area contributed by atoms with E-state index in [4.69, 9.17) is 0 Å². The molecule has 3 nitrogen and oxygen atoms in total. The quantitative estimate of drug-likeness (QED) is 0.863. The SMILES string of the molecule is CC(C)(C)[C@@H](c1ccc2[nH]ccc2c1)N1CCNCC1.Cl.Cl. The highest BCUT2D eigenvalue weighted by molar-refractivity contribution is 5.85. The maximum absolute atomic E-state index is 3.45. The van der Waals surface area contributed by atoms with Crippen LogP contribution < -0.4 is 5.32 Å². The van der Waals surface area contributed by atoms with Crippen LogP contribution in [0.2, 0.25) is 0 Å². The van der Waals surface area contributed by atoms with Gasteiger partial charge in [-0.3, -0.25) is 4.90 Å². The number of aromatic nitrogens is 1. The third-order valence-corrected chi connectivity index (χ3v) is 4.23. The molecule has 124 valence electrons. The number of nitrogens with zero attached hydrogens (tertiary/aromatic N) is 1. The topological polar surface area (TPSA) is 31.1 Å². The second-order valence-corrected chi connectivity index (χ2v) is 6.88. The molecular weight excluding hydrogens is 317 g/mol. The summed E-state index contributed by atoms with van der Waals surface area (Å²) in [7, 11) is 0. The summed E-state index contributed by atoms with van der Waals surface area (Å²) in [5.74, 6) is 0. The van der Waals surface area contributed by atoms with E-state index < -0.39 is 0 Å². The van der Waals surface area contributed by atoms with Gasteiger partial charge in [0.1, 0.15) is 0 Å². The normalized spacial score (nSPS) is 17.6. The minimum Gasteiger partial charge on any atom is -0.361 e. The maximum Gasteiger partial charge on any atom is 0.0454 e. The van der Waals surface area contributed by atoms with Gasteiger partial charge in [0, 0.05) is 43.9 Å². The number of aromatic amines is 1. The van der Waals surface area contributed by atoms with Gasteiger partial charge in [-0.05, 0) is 34.6 Å². The van der Waals surface area contributed by atoms with Crippen LogP contribution in [-0.4, -0.2) is 36.1 Å². The van der Waals surface area contributed by atoms with E-state index in [-0.39, 0.29) is 30.2 Å². The number of hydrogen-bond acceptors (Lipinski definition) is 2. The number of H-pyrrole nitrogens is 1. The second-order valence-electron chi connectivity index (χ2n) is 6.88. The Balaban J connectivity index is 0.00000121. The Bertz CT molecular complexity index is 583. The van der Waals surface area contributed by atoms with Gasteiger partial charge in [-0.2, -0.15) is 0 Å². The number of piperazine rings is 1. The highest BCUT2D eigenvalue weighted by Crippen LogP contribution is 2.38. The molecule has 1 saturated heterocycles. The van der Waals surface area contributed by atoms with Crippen molar-refractivity contribution < 1.29 is 0 Å². The van der Waals surface area contributed by atoms with Crippen LogP contribution in [0, 0.1) is 5.41 Å². The van der Waals surface area contributed by atoms with E-state index in [0.717, 1.165) is 26.2 Å². The largest absolute Gasteiger partial charge is 0.361 e. The molecule has 2 N–H and O–H groups in total. The minimum absolute atomic E-state index is 0. The van der Waals surface area contributed by atoms with Gasteiger partial charge in [0.25, 0.3) is 0 Å². The zero-order valence-electron chi connectivity index (χ0n) is 13.6. The van der Waals surface area contributed by atoms with E-state index in [1.165, 1.54) is 16.5 Å². The summed E-state index contributed by atoms with van der Waals surface area (Å²) in [5, 5.41) is 4.76. The van der Waals surface area contributed by atoms with E-state index in [2.05, 4.69) is 60.2 Å². The Morgan fingerprint density at radius 2 is 1.73 bits per heavy atom. The average molecular weight is 344 g/mol. The summed E-state index contributed by atoms with van der Waals surface area (Å²) in [5.41, 5.74) is 2.90. The van der Waals surface area contributed by atoms with Crippen molar-refractivity contribution in [1.82, 2.24) is 15.2 Å². The lowest BCUT2D eigenvalue weighted by Crippen LogP contribution is -2.48. The van der Waals surface area contributed by atoms with Crippen molar-refractivity contribution in [1.29, 1.82) is 0 Å². The van der Waals surface area contributed by atoms with Crippen LogP contribution in [0.25, 0.3) is 10.9 Å². The fourth-order valence-electron chi connectivity index (χ4n) is 3.44. The monoisotopic (exact) mass is 343 g/mol. The molecule has 2 aromatic rings. The van der Waals surface area contributed by atoms with Gasteiger partial charge in [-0.25, -0.2) is 0 Å². The molecule has 1 aromatic heterocycles. The second kappa shape index (κ2) is 7.69. The van der Waals surface area contributed by atoms with Crippen LogP contribution >= 0.6 is 24.8 Å². The van der Waals surface area contributed by atoms with Crippen molar-refractivity contribution in [3.63, 3.8) is 0 Å². The van der Waals surface area contributed by atoms with Crippen LogP contribution in [-0.2, 0) is 0 Å². The van der Waals surface area contributed by atoms with E-state index in [1.807, 2.05) is 6.20 Å².